The van der Waals surface area contributed by atoms with Gasteiger partial charge in [0.25, 0.3) is 5.91 Å². The summed E-state index contributed by atoms with van der Waals surface area (Å²) in [6, 6.07) is 15.7. The third-order valence-corrected chi connectivity index (χ3v) is 7.30. The number of hydrogen-bond acceptors (Lipinski definition) is 3. The number of rotatable bonds is 5. The Labute approximate surface area is 194 Å². The van der Waals surface area contributed by atoms with Crippen molar-refractivity contribution < 1.29 is 14.0 Å². The second-order valence-corrected chi connectivity index (χ2v) is 9.57. The lowest BCUT2D eigenvalue weighted by Gasteiger charge is -2.45. The number of nitrogens with one attached hydrogen (secondary N) is 1. The number of amides is 2. The van der Waals surface area contributed by atoms with E-state index in [4.69, 9.17) is 4.42 Å². The number of nitrogens with zero attached hydrogens (tertiary/aromatic N) is 2. The number of carbonyl (C=O) groups excluding carboxylic acids is 2. The molecule has 1 N–H and O–H groups in total. The predicted octanol–water partition coefficient (Wildman–Crippen LogP) is 4.92. The first-order valence-electron chi connectivity index (χ1n) is 11.9. The Morgan fingerprint density at radius 2 is 1.82 bits per heavy atom. The zero-order chi connectivity index (χ0) is 23.0. The molecule has 1 aromatic carbocycles. The minimum Gasteiger partial charge on any atom is -0.463 e. The van der Waals surface area contributed by atoms with Crippen molar-refractivity contribution >= 4 is 11.8 Å². The molecule has 6 heteroatoms. The molecule has 2 amide bonds. The molecule has 2 aliphatic rings. The lowest BCUT2D eigenvalue weighted by molar-refractivity contribution is -0.134. The van der Waals surface area contributed by atoms with Crippen LogP contribution in [0.2, 0.25) is 0 Å². The smallest absolute Gasteiger partial charge is 0.271 e. The average Bonchev–Trinajstić information content (AvgIpc) is 3.48. The Hall–Kier alpha value is -3.28. The lowest BCUT2D eigenvalue weighted by atomic mass is 9.90. The van der Waals surface area contributed by atoms with E-state index < -0.39 is 5.54 Å². The largest absolute Gasteiger partial charge is 0.463 e. The number of aromatic nitrogens is 1. The molecule has 3 aromatic rings. The van der Waals surface area contributed by atoms with Gasteiger partial charge in [0.1, 0.15) is 17.0 Å². The third-order valence-electron chi connectivity index (χ3n) is 7.30. The van der Waals surface area contributed by atoms with E-state index in [1.807, 2.05) is 66.9 Å². The van der Waals surface area contributed by atoms with Crippen molar-refractivity contribution in [1.29, 1.82) is 0 Å². The summed E-state index contributed by atoms with van der Waals surface area (Å²) in [4.78, 5) is 29.4. The summed E-state index contributed by atoms with van der Waals surface area (Å²) in [6.07, 6.45) is 7.12. The van der Waals surface area contributed by atoms with Gasteiger partial charge in [0, 0.05) is 12.6 Å². The minimum absolute atomic E-state index is 0.0823. The van der Waals surface area contributed by atoms with Crippen LogP contribution >= 0.6 is 0 Å². The molecular formula is C27H31N3O3. The van der Waals surface area contributed by atoms with E-state index in [-0.39, 0.29) is 17.9 Å². The van der Waals surface area contributed by atoms with Crippen LogP contribution in [-0.4, -0.2) is 32.9 Å². The number of fused-ring (bicyclic) bond motifs is 1. The van der Waals surface area contributed by atoms with Crippen molar-refractivity contribution in [2.45, 2.75) is 70.6 Å². The zero-order valence-electron chi connectivity index (χ0n) is 19.3. The molecule has 0 radical (unpaired) electrons. The van der Waals surface area contributed by atoms with E-state index >= 15 is 0 Å². The maximum Gasteiger partial charge on any atom is 0.271 e. The topological polar surface area (TPSA) is 67.5 Å². The van der Waals surface area contributed by atoms with Crippen molar-refractivity contribution in [2.75, 3.05) is 0 Å². The summed E-state index contributed by atoms with van der Waals surface area (Å²) in [5.74, 6) is 0.473. The van der Waals surface area contributed by atoms with Crippen LogP contribution in [0.3, 0.4) is 0 Å². The van der Waals surface area contributed by atoms with Crippen molar-refractivity contribution in [3.05, 3.63) is 71.6 Å². The maximum absolute atomic E-state index is 13.8. The van der Waals surface area contributed by atoms with Crippen LogP contribution in [0.5, 0.6) is 0 Å². The molecule has 0 unspecified atom stereocenters. The lowest BCUT2D eigenvalue weighted by Crippen LogP contribution is -2.64. The van der Waals surface area contributed by atoms with Crippen molar-refractivity contribution in [3.8, 4) is 11.5 Å². The van der Waals surface area contributed by atoms with Crippen molar-refractivity contribution in [1.82, 2.24) is 14.8 Å². The number of hydrogen-bond donors (Lipinski definition) is 1. The van der Waals surface area contributed by atoms with Gasteiger partial charge in [0.2, 0.25) is 5.91 Å². The molecule has 1 aliphatic heterocycles. The van der Waals surface area contributed by atoms with E-state index in [2.05, 4.69) is 5.32 Å². The monoisotopic (exact) mass is 445 g/mol. The first-order valence-corrected chi connectivity index (χ1v) is 11.9. The molecule has 33 heavy (non-hydrogen) atoms. The first kappa shape index (κ1) is 21.6. The zero-order valence-corrected chi connectivity index (χ0v) is 19.3. The van der Waals surface area contributed by atoms with Gasteiger partial charge in [0.15, 0.2) is 0 Å². The van der Waals surface area contributed by atoms with Gasteiger partial charge in [-0.25, -0.2) is 0 Å². The van der Waals surface area contributed by atoms with Crippen LogP contribution in [0.15, 0.2) is 59.2 Å². The molecule has 1 saturated carbocycles. The Morgan fingerprint density at radius 1 is 1.06 bits per heavy atom. The summed E-state index contributed by atoms with van der Waals surface area (Å²) >= 11 is 0. The standard InChI is InChI=1S/C27H31N3O3/c1-19-9-6-7-10-20(19)17-30-25(31)23-15-14-22(24-13-8-16-33-24)29(23)18-27(30,2)26(32)28-21-11-4-3-5-12-21/h6-10,13-16,21H,3-5,11-12,17-18H2,1-2H3,(H,28,32)/t27-/m0/s1. The van der Waals surface area contributed by atoms with Gasteiger partial charge in [-0.1, -0.05) is 43.5 Å². The highest BCUT2D eigenvalue weighted by atomic mass is 16.3. The average molecular weight is 446 g/mol. The summed E-state index contributed by atoms with van der Waals surface area (Å²) in [5, 5.41) is 3.29. The number of furan rings is 1. The van der Waals surface area contributed by atoms with Gasteiger partial charge in [-0.05, 0) is 62.1 Å². The Kier molecular flexibility index (Phi) is 5.60. The fraction of sp³-hybridized carbons (Fsp3) is 0.407. The summed E-state index contributed by atoms with van der Waals surface area (Å²) in [5.41, 5.74) is 2.53. The molecule has 1 fully saturated rings. The fourth-order valence-corrected chi connectivity index (χ4v) is 5.21. The molecule has 2 aromatic heterocycles. The van der Waals surface area contributed by atoms with Crippen LogP contribution in [0, 0.1) is 6.92 Å². The molecule has 1 aliphatic carbocycles. The Balaban J connectivity index is 1.54. The molecular weight excluding hydrogens is 414 g/mol. The van der Waals surface area contributed by atoms with Crippen LogP contribution in [0.25, 0.3) is 11.5 Å². The minimum atomic E-state index is -1.02. The fourth-order valence-electron chi connectivity index (χ4n) is 5.21. The molecule has 0 saturated heterocycles. The normalized spacial score (nSPS) is 21.2. The molecule has 0 spiro atoms. The predicted molar refractivity (Wildman–Crippen MR) is 127 cm³/mol. The number of benzene rings is 1. The van der Waals surface area contributed by atoms with Crippen molar-refractivity contribution in [2.24, 2.45) is 0 Å². The molecule has 1 atom stereocenters. The van der Waals surface area contributed by atoms with Gasteiger partial charge in [-0.2, -0.15) is 0 Å². The molecule has 6 nitrogen and oxygen atoms in total. The van der Waals surface area contributed by atoms with Gasteiger partial charge < -0.3 is 19.2 Å². The van der Waals surface area contributed by atoms with E-state index in [1.165, 1.54) is 6.42 Å². The van der Waals surface area contributed by atoms with E-state index in [0.29, 0.717) is 24.5 Å². The molecule has 0 bridgehead atoms. The highest BCUT2D eigenvalue weighted by molar-refractivity contribution is 6.00. The Bertz CT molecular complexity index is 1160. The summed E-state index contributed by atoms with van der Waals surface area (Å²) in [6.45, 7) is 4.71. The highest BCUT2D eigenvalue weighted by Gasteiger charge is 2.48. The summed E-state index contributed by atoms with van der Waals surface area (Å²) in [7, 11) is 0. The van der Waals surface area contributed by atoms with Crippen LogP contribution in [-0.2, 0) is 17.9 Å². The van der Waals surface area contributed by atoms with Crippen LogP contribution < -0.4 is 5.32 Å². The van der Waals surface area contributed by atoms with Crippen molar-refractivity contribution in [3.63, 3.8) is 0 Å². The number of aryl methyl sites for hydroxylation is 1. The van der Waals surface area contributed by atoms with Gasteiger partial charge in [-0.3, -0.25) is 9.59 Å². The maximum atomic E-state index is 13.8. The van der Waals surface area contributed by atoms with Crippen LogP contribution in [0.4, 0.5) is 0 Å². The SMILES string of the molecule is Cc1ccccc1CN1C(=O)c2ccc(-c3ccco3)n2C[C@@]1(C)C(=O)NC1CCCCC1. The summed E-state index contributed by atoms with van der Waals surface area (Å²) < 4.78 is 7.56. The van der Waals surface area contributed by atoms with Gasteiger partial charge >= 0.3 is 0 Å². The van der Waals surface area contributed by atoms with Gasteiger partial charge in [-0.15, -0.1) is 0 Å². The van der Waals surface area contributed by atoms with Crippen LogP contribution in [0.1, 0.15) is 60.6 Å². The molecule has 3 heterocycles. The van der Waals surface area contributed by atoms with E-state index in [1.54, 1.807) is 11.2 Å². The molecule has 172 valence electrons. The third kappa shape index (κ3) is 3.88. The van der Waals surface area contributed by atoms with E-state index in [0.717, 1.165) is 42.5 Å². The second-order valence-electron chi connectivity index (χ2n) is 9.57. The van der Waals surface area contributed by atoms with E-state index in [9.17, 15) is 9.59 Å². The quantitative estimate of drug-likeness (QED) is 0.606. The second kappa shape index (κ2) is 8.58. The first-order chi connectivity index (χ1) is 16.0. The number of carbonyl (C=O) groups is 2. The molecule has 5 rings (SSSR count). The highest BCUT2D eigenvalue weighted by Crippen LogP contribution is 2.35. The Morgan fingerprint density at radius 3 is 2.55 bits per heavy atom. The van der Waals surface area contributed by atoms with Gasteiger partial charge in [0.05, 0.1) is 18.5 Å².